The molecule has 100 valence electrons. The van der Waals surface area contributed by atoms with Crippen LogP contribution in [-0.4, -0.2) is 17.0 Å². The third kappa shape index (κ3) is 2.18. The number of rotatable bonds is 4. The first-order valence-corrected chi connectivity index (χ1v) is 7.26. The molecule has 0 radical (unpaired) electrons. The number of allylic oxidation sites excluding steroid dienone is 2. The van der Waals surface area contributed by atoms with Crippen molar-refractivity contribution in [1.82, 2.24) is 5.32 Å². The van der Waals surface area contributed by atoms with E-state index in [1.165, 1.54) is 0 Å². The van der Waals surface area contributed by atoms with Crippen molar-refractivity contribution in [3.05, 3.63) is 34.5 Å². The summed E-state index contributed by atoms with van der Waals surface area (Å²) < 4.78 is 0. The van der Waals surface area contributed by atoms with Crippen LogP contribution in [0, 0.1) is 23.7 Å². The number of carbonyl (C=O) groups excluding carboxylic acids is 1. The molecule has 1 aromatic rings. The molecule has 2 N–H and O–H groups in total. The third-order valence-corrected chi connectivity index (χ3v) is 4.94. The van der Waals surface area contributed by atoms with E-state index in [0.29, 0.717) is 6.54 Å². The zero-order chi connectivity index (χ0) is 13.4. The van der Waals surface area contributed by atoms with E-state index in [4.69, 9.17) is 0 Å². The van der Waals surface area contributed by atoms with Gasteiger partial charge < -0.3 is 10.4 Å². The molecule has 19 heavy (non-hydrogen) atoms. The van der Waals surface area contributed by atoms with E-state index < -0.39 is 17.8 Å². The van der Waals surface area contributed by atoms with Crippen LogP contribution in [0.4, 0.5) is 0 Å². The van der Waals surface area contributed by atoms with Gasteiger partial charge in [0.2, 0.25) is 5.91 Å². The zero-order valence-corrected chi connectivity index (χ0v) is 11.1. The van der Waals surface area contributed by atoms with Gasteiger partial charge in [0.25, 0.3) is 0 Å². The number of hydrogen-bond acceptors (Lipinski definition) is 3. The van der Waals surface area contributed by atoms with E-state index in [-0.39, 0.29) is 17.7 Å². The minimum Gasteiger partial charge on any atom is -0.481 e. The van der Waals surface area contributed by atoms with Gasteiger partial charge >= 0.3 is 5.97 Å². The average Bonchev–Trinajstić information content (AvgIpc) is 3.10. The van der Waals surface area contributed by atoms with Gasteiger partial charge in [0.05, 0.1) is 18.4 Å². The van der Waals surface area contributed by atoms with Crippen molar-refractivity contribution in [3.63, 3.8) is 0 Å². The van der Waals surface area contributed by atoms with Gasteiger partial charge in [-0.2, -0.15) is 0 Å². The quantitative estimate of drug-likeness (QED) is 0.826. The Morgan fingerprint density at radius 3 is 2.68 bits per heavy atom. The summed E-state index contributed by atoms with van der Waals surface area (Å²) in [6, 6.07) is 3.90. The monoisotopic (exact) mass is 277 g/mol. The lowest BCUT2D eigenvalue weighted by Crippen LogP contribution is -2.39. The van der Waals surface area contributed by atoms with E-state index in [1.807, 2.05) is 29.7 Å². The maximum absolute atomic E-state index is 12.2. The molecular formula is C14H15NO3S. The molecular weight excluding hydrogens is 262 g/mol. The summed E-state index contributed by atoms with van der Waals surface area (Å²) in [5.74, 6) is -1.83. The van der Waals surface area contributed by atoms with Crippen molar-refractivity contribution in [1.29, 1.82) is 0 Å². The average molecular weight is 277 g/mol. The van der Waals surface area contributed by atoms with Crippen molar-refractivity contribution in [3.8, 4) is 0 Å². The fourth-order valence-corrected chi connectivity index (χ4v) is 3.87. The summed E-state index contributed by atoms with van der Waals surface area (Å²) in [6.07, 6.45) is 4.75. The van der Waals surface area contributed by atoms with Crippen LogP contribution in [0.2, 0.25) is 0 Å². The van der Waals surface area contributed by atoms with Gasteiger partial charge in [0.1, 0.15) is 0 Å². The summed E-state index contributed by atoms with van der Waals surface area (Å²) in [5, 5.41) is 14.1. The first-order chi connectivity index (χ1) is 9.16. The predicted molar refractivity (Wildman–Crippen MR) is 71.5 cm³/mol. The maximum Gasteiger partial charge on any atom is 0.307 e. The van der Waals surface area contributed by atoms with Crippen LogP contribution in [0.15, 0.2) is 29.7 Å². The molecule has 5 heteroatoms. The molecule has 1 fully saturated rings. The molecule has 4 atom stereocenters. The second-order valence-electron chi connectivity index (χ2n) is 5.14. The summed E-state index contributed by atoms with van der Waals surface area (Å²) in [5.41, 5.74) is 0. The molecule has 2 aliphatic rings. The Labute approximate surface area is 115 Å². The first kappa shape index (κ1) is 12.4. The Morgan fingerprint density at radius 1 is 1.32 bits per heavy atom. The fourth-order valence-electron chi connectivity index (χ4n) is 3.22. The molecule has 0 spiro atoms. The molecule has 1 amide bonds. The highest BCUT2D eigenvalue weighted by Crippen LogP contribution is 2.48. The van der Waals surface area contributed by atoms with Crippen molar-refractivity contribution < 1.29 is 14.7 Å². The van der Waals surface area contributed by atoms with E-state index in [9.17, 15) is 14.7 Å². The predicted octanol–water partition coefficient (Wildman–Crippen LogP) is 1.89. The van der Waals surface area contributed by atoms with Crippen LogP contribution in [0.25, 0.3) is 0 Å². The van der Waals surface area contributed by atoms with Crippen LogP contribution in [0.1, 0.15) is 11.3 Å². The molecule has 4 nitrogen and oxygen atoms in total. The maximum atomic E-state index is 12.2. The normalized spacial score (nSPS) is 31.6. The van der Waals surface area contributed by atoms with Gasteiger partial charge in [-0.1, -0.05) is 18.2 Å². The van der Waals surface area contributed by atoms with E-state index in [1.54, 1.807) is 11.3 Å². The molecule has 0 saturated heterocycles. The van der Waals surface area contributed by atoms with Gasteiger partial charge in [0, 0.05) is 4.88 Å². The Bertz CT molecular complexity index is 523. The lowest BCUT2D eigenvalue weighted by Gasteiger charge is -2.23. The summed E-state index contributed by atoms with van der Waals surface area (Å²) in [4.78, 5) is 24.7. The fraction of sp³-hybridized carbons (Fsp3) is 0.429. The molecule has 1 saturated carbocycles. The molecule has 2 aliphatic carbocycles. The van der Waals surface area contributed by atoms with Gasteiger partial charge in [-0.05, 0) is 29.7 Å². The van der Waals surface area contributed by atoms with E-state index >= 15 is 0 Å². The SMILES string of the molecule is O=C(NCc1cccs1)[C@@H]1[C@H](C(=O)O)[C@H]2C=C[C@H]1C2. The molecule has 3 rings (SSSR count). The van der Waals surface area contributed by atoms with Crippen LogP contribution < -0.4 is 5.32 Å². The second-order valence-corrected chi connectivity index (χ2v) is 6.17. The van der Waals surface area contributed by atoms with Gasteiger partial charge in [-0.3, -0.25) is 9.59 Å². The highest BCUT2D eigenvalue weighted by molar-refractivity contribution is 7.09. The smallest absolute Gasteiger partial charge is 0.307 e. The molecule has 1 aromatic heterocycles. The van der Waals surface area contributed by atoms with Crippen LogP contribution in [-0.2, 0) is 16.1 Å². The number of carboxylic acid groups (broad SMARTS) is 1. The lowest BCUT2D eigenvalue weighted by atomic mass is 9.82. The molecule has 0 unspecified atom stereocenters. The number of carboxylic acids is 1. The van der Waals surface area contributed by atoms with Gasteiger partial charge in [0.15, 0.2) is 0 Å². The van der Waals surface area contributed by atoms with Crippen molar-refractivity contribution in [2.45, 2.75) is 13.0 Å². The minimum atomic E-state index is -0.854. The van der Waals surface area contributed by atoms with Crippen LogP contribution >= 0.6 is 11.3 Å². The van der Waals surface area contributed by atoms with Crippen molar-refractivity contribution >= 4 is 23.2 Å². The lowest BCUT2D eigenvalue weighted by molar-refractivity contribution is -0.147. The number of aliphatic carboxylic acids is 1. The second kappa shape index (κ2) is 4.81. The first-order valence-electron chi connectivity index (χ1n) is 6.38. The zero-order valence-electron chi connectivity index (χ0n) is 10.3. The summed E-state index contributed by atoms with van der Waals surface area (Å²) in [7, 11) is 0. The van der Waals surface area contributed by atoms with Crippen LogP contribution in [0.5, 0.6) is 0 Å². The highest BCUT2D eigenvalue weighted by atomic mass is 32.1. The number of thiophene rings is 1. The standard InChI is InChI=1S/C14H15NO3S/c16-13(15-7-10-2-1-5-19-10)11-8-3-4-9(6-8)12(11)14(17)18/h1-5,8-9,11-12H,6-7H2,(H,15,16)(H,17,18)/t8-,9-,11-,12+/m0/s1. The topological polar surface area (TPSA) is 66.4 Å². The molecule has 2 bridgehead atoms. The summed E-state index contributed by atoms with van der Waals surface area (Å²) in [6.45, 7) is 0.487. The van der Waals surface area contributed by atoms with Gasteiger partial charge in [-0.25, -0.2) is 0 Å². The Hall–Kier alpha value is -1.62. The highest BCUT2D eigenvalue weighted by Gasteiger charge is 2.51. The number of hydrogen-bond donors (Lipinski definition) is 2. The van der Waals surface area contributed by atoms with E-state index in [2.05, 4.69) is 5.32 Å². The van der Waals surface area contributed by atoms with E-state index in [0.717, 1.165) is 11.3 Å². The largest absolute Gasteiger partial charge is 0.481 e. The number of carbonyl (C=O) groups is 2. The Morgan fingerprint density at radius 2 is 2.05 bits per heavy atom. The van der Waals surface area contributed by atoms with Crippen molar-refractivity contribution in [2.75, 3.05) is 0 Å². The Balaban J connectivity index is 1.68. The summed E-state index contributed by atoms with van der Waals surface area (Å²) >= 11 is 1.58. The minimum absolute atomic E-state index is 0.0278. The molecule has 0 aliphatic heterocycles. The molecule has 0 aromatic carbocycles. The number of nitrogens with one attached hydrogen (secondary N) is 1. The third-order valence-electron chi connectivity index (χ3n) is 4.06. The Kier molecular flexibility index (Phi) is 3.14. The van der Waals surface area contributed by atoms with Crippen LogP contribution in [0.3, 0.4) is 0 Å². The number of amides is 1. The van der Waals surface area contributed by atoms with Crippen molar-refractivity contribution in [2.24, 2.45) is 23.7 Å². The molecule has 1 heterocycles. The number of fused-ring (bicyclic) bond motifs is 2. The van der Waals surface area contributed by atoms with Gasteiger partial charge in [-0.15, -0.1) is 11.3 Å².